The number of carbonyl (C=O) groups excluding carboxylic acids is 2. The topological polar surface area (TPSA) is 70.7 Å². The van der Waals surface area contributed by atoms with Crippen molar-refractivity contribution in [2.75, 3.05) is 38.1 Å². The lowest BCUT2D eigenvalue weighted by molar-refractivity contribution is -0.139. The molecule has 3 heterocycles. The molecule has 2 amide bonds. The van der Waals surface area contributed by atoms with Crippen molar-refractivity contribution in [2.45, 2.75) is 31.3 Å². The summed E-state index contributed by atoms with van der Waals surface area (Å²) in [6, 6.07) is 7.93. The Bertz CT molecular complexity index is 649. The normalized spacial score (nSPS) is 26.6. The van der Waals surface area contributed by atoms with E-state index in [9.17, 15) is 9.59 Å². The number of benzene rings is 1. The molecule has 4 rings (SSSR count). The molecule has 0 spiro atoms. The van der Waals surface area contributed by atoms with Crippen LogP contribution < -0.4 is 10.6 Å². The number of hydrogen-bond acceptors (Lipinski definition) is 4. The van der Waals surface area contributed by atoms with Crippen LogP contribution in [0, 0.1) is 5.92 Å². The van der Waals surface area contributed by atoms with E-state index in [4.69, 9.17) is 4.74 Å². The van der Waals surface area contributed by atoms with E-state index in [2.05, 4.69) is 10.6 Å². The molecule has 0 radical (unpaired) electrons. The molecule has 2 saturated heterocycles. The molecule has 6 nitrogen and oxygen atoms in total. The van der Waals surface area contributed by atoms with Gasteiger partial charge in [0.25, 0.3) is 0 Å². The van der Waals surface area contributed by atoms with E-state index >= 15 is 0 Å². The van der Waals surface area contributed by atoms with Crippen molar-refractivity contribution in [1.82, 2.24) is 10.2 Å². The van der Waals surface area contributed by atoms with Crippen molar-refractivity contribution >= 4 is 17.5 Å². The fourth-order valence-corrected chi connectivity index (χ4v) is 4.23. The molecule has 1 aromatic rings. The number of para-hydroxylation sites is 1. The Labute approximate surface area is 147 Å². The van der Waals surface area contributed by atoms with E-state index in [1.54, 1.807) is 0 Å². The second-order valence-electron chi connectivity index (χ2n) is 7.20. The Hall–Kier alpha value is -1.92. The zero-order valence-electron chi connectivity index (χ0n) is 14.4. The minimum atomic E-state index is -0.0748. The minimum absolute atomic E-state index is 0.0709. The summed E-state index contributed by atoms with van der Waals surface area (Å²) in [5.41, 5.74) is 2.05. The largest absolute Gasteiger partial charge is 0.367 e. The second kappa shape index (κ2) is 7.14. The first-order valence-corrected chi connectivity index (χ1v) is 9.22. The van der Waals surface area contributed by atoms with Crippen molar-refractivity contribution in [3.05, 3.63) is 29.8 Å². The van der Waals surface area contributed by atoms with Gasteiger partial charge in [-0.1, -0.05) is 18.2 Å². The quantitative estimate of drug-likeness (QED) is 0.866. The van der Waals surface area contributed by atoms with E-state index in [0.29, 0.717) is 19.0 Å². The smallest absolute Gasteiger partial charge is 0.248 e. The van der Waals surface area contributed by atoms with Crippen LogP contribution in [0.25, 0.3) is 0 Å². The Morgan fingerprint density at radius 3 is 2.76 bits per heavy atom. The highest BCUT2D eigenvalue weighted by atomic mass is 16.5. The van der Waals surface area contributed by atoms with Gasteiger partial charge in [0.15, 0.2) is 0 Å². The molecule has 1 unspecified atom stereocenters. The molecule has 2 N–H and O–H groups in total. The number of hydrogen-bond donors (Lipinski definition) is 2. The highest BCUT2D eigenvalue weighted by Crippen LogP contribution is 2.41. The Balaban J connectivity index is 1.31. The maximum Gasteiger partial charge on any atom is 0.248 e. The highest BCUT2D eigenvalue weighted by molar-refractivity contribution is 6.03. The van der Waals surface area contributed by atoms with Gasteiger partial charge in [-0.3, -0.25) is 9.59 Å². The van der Waals surface area contributed by atoms with Gasteiger partial charge in [0, 0.05) is 25.3 Å². The molecule has 134 valence electrons. The first-order chi connectivity index (χ1) is 12.2. The number of fused-ring (bicyclic) bond motifs is 1. The summed E-state index contributed by atoms with van der Waals surface area (Å²) < 4.78 is 5.69. The Morgan fingerprint density at radius 2 is 2.00 bits per heavy atom. The molecule has 3 aliphatic rings. The van der Waals surface area contributed by atoms with Gasteiger partial charge in [-0.05, 0) is 43.4 Å². The average Bonchev–Trinajstić information content (AvgIpc) is 3.26. The number of nitrogens with zero attached hydrogens (tertiary/aromatic N) is 1. The Kier molecular flexibility index (Phi) is 4.72. The molecule has 0 bridgehead atoms. The first-order valence-electron chi connectivity index (χ1n) is 9.22. The van der Waals surface area contributed by atoms with Crippen LogP contribution in [0.15, 0.2) is 24.3 Å². The molecular weight excluding hydrogens is 318 g/mol. The average molecular weight is 343 g/mol. The number of carbonyl (C=O) groups is 2. The van der Waals surface area contributed by atoms with E-state index in [1.807, 2.05) is 29.2 Å². The number of nitrogens with one attached hydrogen (secondary N) is 2. The predicted molar refractivity (Wildman–Crippen MR) is 94.3 cm³/mol. The first kappa shape index (κ1) is 16.5. The number of anilines is 1. The van der Waals surface area contributed by atoms with Crippen LogP contribution in [-0.2, 0) is 14.3 Å². The lowest BCUT2D eigenvalue weighted by Gasteiger charge is -2.34. The number of likely N-dealkylation sites (tertiary alicyclic amines) is 1. The van der Waals surface area contributed by atoms with Gasteiger partial charge in [-0.2, -0.15) is 0 Å². The zero-order valence-corrected chi connectivity index (χ0v) is 14.4. The van der Waals surface area contributed by atoms with Gasteiger partial charge in [-0.25, -0.2) is 0 Å². The minimum Gasteiger partial charge on any atom is -0.367 e. The van der Waals surface area contributed by atoms with Gasteiger partial charge < -0.3 is 20.3 Å². The van der Waals surface area contributed by atoms with Crippen molar-refractivity contribution < 1.29 is 14.3 Å². The van der Waals surface area contributed by atoms with Crippen LogP contribution >= 0.6 is 0 Å². The van der Waals surface area contributed by atoms with Gasteiger partial charge >= 0.3 is 0 Å². The summed E-state index contributed by atoms with van der Waals surface area (Å²) in [6.45, 7) is 3.40. The fourth-order valence-electron chi connectivity index (χ4n) is 4.23. The molecule has 0 aromatic heterocycles. The van der Waals surface area contributed by atoms with Gasteiger partial charge in [0.05, 0.1) is 12.0 Å². The van der Waals surface area contributed by atoms with Crippen LogP contribution in [0.2, 0.25) is 0 Å². The van der Waals surface area contributed by atoms with Crippen LogP contribution in [0.3, 0.4) is 0 Å². The summed E-state index contributed by atoms with van der Waals surface area (Å²) in [7, 11) is 0. The molecule has 6 heteroatoms. The zero-order chi connectivity index (χ0) is 17.2. The molecular formula is C19H25N3O3. The Morgan fingerprint density at radius 1 is 1.20 bits per heavy atom. The third-order valence-electron chi connectivity index (χ3n) is 5.66. The number of piperidine rings is 1. The maximum absolute atomic E-state index is 12.4. The molecule has 0 saturated carbocycles. The number of ether oxygens (including phenoxy) is 1. The van der Waals surface area contributed by atoms with Crippen molar-refractivity contribution in [1.29, 1.82) is 0 Å². The molecule has 2 atom stereocenters. The monoisotopic (exact) mass is 343 g/mol. The fraction of sp³-hybridized carbons (Fsp3) is 0.579. The lowest BCUT2D eigenvalue weighted by atomic mass is 9.81. The van der Waals surface area contributed by atoms with Crippen LogP contribution in [-0.4, -0.2) is 55.6 Å². The molecule has 25 heavy (non-hydrogen) atoms. The molecule has 2 fully saturated rings. The van der Waals surface area contributed by atoms with Crippen molar-refractivity contribution in [3.63, 3.8) is 0 Å². The third kappa shape index (κ3) is 3.41. The summed E-state index contributed by atoms with van der Waals surface area (Å²) in [6.07, 6.45) is 2.87. The predicted octanol–water partition coefficient (Wildman–Crippen LogP) is 1.34. The number of rotatable bonds is 4. The lowest BCUT2D eigenvalue weighted by Crippen LogP contribution is -2.42. The van der Waals surface area contributed by atoms with Gasteiger partial charge in [-0.15, -0.1) is 0 Å². The molecule has 1 aromatic carbocycles. The highest BCUT2D eigenvalue weighted by Gasteiger charge is 2.38. The summed E-state index contributed by atoms with van der Waals surface area (Å²) in [5.74, 6) is 0.395. The van der Waals surface area contributed by atoms with Crippen LogP contribution in [0.4, 0.5) is 5.69 Å². The van der Waals surface area contributed by atoms with Crippen LogP contribution in [0.5, 0.6) is 0 Å². The third-order valence-corrected chi connectivity index (χ3v) is 5.66. The summed E-state index contributed by atoms with van der Waals surface area (Å²) >= 11 is 0. The van der Waals surface area contributed by atoms with E-state index in [0.717, 1.165) is 43.6 Å². The molecule has 3 aliphatic heterocycles. The summed E-state index contributed by atoms with van der Waals surface area (Å²) in [4.78, 5) is 26.6. The second-order valence-corrected chi connectivity index (χ2v) is 7.20. The van der Waals surface area contributed by atoms with E-state index < -0.39 is 0 Å². The van der Waals surface area contributed by atoms with Crippen molar-refractivity contribution in [2.24, 2.45) is 5.92 Å². The maximum atomic E-state index is 12.4. The molecule has 0 aliphatic carbocycles. The van der Waals surface area contributed by atoms with E-state index in [1.165, 1.54) is 0 Å². The van der Waals surface area contributed by atoms with Gasteiger partial charge in [0.1, 0.15) is 6.61 Å². The summed E-state index contributed by atoms with van der Waals surface area (Å²) in [5, 5.41) is 6.22. The standard InChI is InChI=1S/C19H25N3O3/c23-17(12-25-14-5-8-20-11-14)22-9-6-13(7-10-22)18-15-3-1-2-4-16(15)21-19(18)24/h1-4,13-14,18,20H,5-12H2,(H,21,24)/t14-,18?/m1/s1. The number of amides is 2. The van der Waals surface area contributed by atoms with E-state index in [-0.39, 0.29) is 30.4 Å². The SMILES string of the molecule is O=C1Nc2ccccc2C1C1CCN(C(=O)CO[C@@H]2CCNC2)CC1. The van der Waals surface area contributed by atoms with Crippen molar-refractivity contribution in [3.8, 4) is 0 Å². The van der Waals surface area contributed by atoms with Gasteiger partial charge in [0.2, 0.25) is 11.8 Å². The van der Waals surface area contributed by atoms with Crippen LogP contribution in [0.1, 0.15) is 30.7 Å².